The molecular formula is C8H7N5O4S. The van der Waals surface area contributed by atoms with Gasteiger partial charge in [-0.25, -0.2) is 9.78 Å². The summed E-state index contributed by atoms with van der Waals surface area (Å²) in [7, 11) is 0. The summed E-state index contributed by atoms with van der Waals surface area (Å²) in [6.07, 6.45) is 2.36. The van der Waals surface area contributed by atoms with Crippen molar-refractivity contribution < 1.29 is 4.92 Å². The van der Waals surface area contributed by atoms with Crippen molar-refractivity contribution in [2.45, 2.75) is 6.54 Å². The molecule has 0 bridgehead atoms. The van der Waals surface area contributed by atoms with E-state index in [-0.39, 0.29) is 6.54 Å². The van der Waals surface area contributed by atoms with Gasteiger partial charge in [0.25, 0.3) is 0 Å². The van der Waals surface area contributed by atoms with Gasteiger partial charge >= 0.3 is 16.9 Å². The first-order valence-electron chi connectivity index (χ1n) is 4.65. The molecule has 0 unspecified atom stereocenters. The van der Waals surface area contributed by atoms with Crippen LogP contribution < -0.4 is 17.0 Å². The molecule has 2 heterocycles. The predicted molar refractivity (Wildman–Crippen MR) is 63.6 cm³/mol. The van der Waals surface area contributed by atoms with Crippen molar-refractivity contribution in [1.82, 2.24) is 14.5 Å². The van der Waals surface area contributed by atoms with E-state index >= 15 is 0 Å². The van der Waals surface area contributed by atoms with Crippen molar-refractivity contribution in [3.05, 3.63) is 48.2 Å². The molecule has 0 fully saturated rings. The van der Waals surface area contributed by atoms with E-state index in [0.29, 0.717) is 10.0 Å². The number of aromatic amines is 1. The minimum absolute atomic E-state index is 0.0608. The number of H-pyrrole nitrogens is 1. The second-order valence-electron chi connectivity index (χ2n) is 3.32. The maximum Gasteiger partial charge on any atom is 0.350 e. The summed E-state index contributed by atoms with van der Waals surface area (Å²) in [5, 5.41) is 10.9. The molecule has 0 radical (unpaired) electrons. The third kappa shape index (κ3) is 2.27. The van der Waals surface area contributed by atoms with Gasteiger partial charge in [0, 0.05) is 11.1 Å². The molecule has 2 aromatic rings. The van der Waals surface area contributed by atoms with Crippen LogP contribution in [0.15, 0.2) is 22.0 Å². The molecule has 18 heavy (non-hydrogen) atoms. The summed E-state index contributed by atoms with van der Waals surface area (Å²) in [4.78, 5) is 38.7. The average molecular weight is 269 g/mol. The van der Waals surface area contributed by atoms with Crippen molar-refractivity contribution in [2.24, 2.45) is 0 Å². The molecule has 94 valence electrons. The summed E-state index contributed by atoms with van der Waals surface area (Å²) in [5.41, 5.74) is 2.99. The molecule has 0 saturated carbocycles. The summed E-state index contributed by atoms with van der Waals surface area (Å²) < 4.78 is 1.02. The SMILES string of the molecule is Nc1ncc(Cn2cc([N+](=O)[O-])c(=O)[nH]c2=O)s1. The lowest BCUT2D eigenvalue weighted by atomic mass is 10.5. The topological polar surface area (TPSA) is 137 Å². The summed E-state index contributed by atoms with van der Waals surface area (Å²) in [5.74, 6) is 0. The zero-order valence-electron chi connectivity index (χ0n) is 8.82. The third-order valence-corrected chi connectivity index (χ3v) is 2.90. The summed E-state index contributed by atoms with van der Waals surface area (Å²) >= 11 is 1.15. The molecule has 0 aliphatic heterocycles. The van der Waals surface area contributed by atoms with Crippen LogP contribution in [0.4, 0.5) is 10.8 Å². The average Bonchev–Trinajstić information content (AvgIpc) is 2.67. The number of anilines is 1. The lowest BCUT2D eigenvalue weighted by Crippen LogP contribution is -2.30. The van der Waals surface area contributed by atoms with Crippen LogP contribution in [-0.4, -0.2) is 19.5 Å². The highest BCUT2D eigenvalue weighted by atomic mass is 32.1. The number of nitro groups is 1. The van der Waals surface area contributed by atoms with Crippen LogP contribution in [0.3, 0.4) is 0 Å². The van der Waals surface area contributed by atoms with Crippen molar-refractivity contribution in [3.63, 3.8) is 0 Å². The Kier molecular flexibility index (Phi) is 2.93. The lowest BCUT2D eigenvalue weighted by molar-refractivity contribution is -0.386. The zero-order chi connectivity index (χ0) is 13.3. The molecule has 10 heteroatoms. The fraction of sp³-hybridized carbons (Fsp3) is 0.125. The van der Waals surface area contributed by atoms with E-state index in [2.05, 4.69) is 4.98 Å². The number of nitrogens with two attached hydrogens (primary N) is 1. The Morgan fingerprint density at radius 1 is 1.56 bits per heavy atom. The third-order valence-electron chi connectivity index (χ3n) is 2.09. The Hall–Kier alpha value is -2.49. The molecule has 0 saturated heterocycles. The monoisotopic (exact) mass is 269 g/mol. The molecule has 0 aliphatic rings. The van der Waals surface area contributed by atoms with E-state index in [9.17, 15) is 19.7 Å². The van der Waals surface area contributed by atoms with Crippen LogP contribution in [0.1, 0.15) is 4.88 Å². The second kappa shape index (κ2) is 4.41. The first-order chi connectivity index (χ1) is 8.47. The molecule has 0 spiro atoms. The van der Waals surface area contributed by atoms with Crippen LogP contribution in [0.2, 0.25) is 0 Å². The van der Waals surface area contributed by atoms with E-state index in [4.69, 9.17) is 5.73 Å². The van der Waals surface area contributed by atoms with Gasteiger partial charge < -0.3 is 5.73 Å². The lowest BCUT2D eigenvalue weighted by Gasteiger charge is -2.01. The maximum absolute atomic E-state index is 11.5. The number of nitrogens with one attached hydrogen (secondary N) is 1. The number of aromatic nitrogens is 3. The molecule has 2 rings (SSSR count). The summed E-state index contributed by atoms with van der Waals surface area (Å²) in [6.45, 7) is 0.0608. The zero-order valence-corrected chi connectivity index (χ0v) is 9.64. The van der Waals surface area contributed by atoms with Crippen LogP contribution >= 0.6 is 11.3 Å². The van der Waals surface area contributed by atoms with E-state index in [1.807, 2.05) is 4.98 Å². The first-order valence-corrected chi connectivity index (χ1v) is 5.47. The Labute approximate surface area is 103 Å². The van der Waals surface area contributed by atoms with Gasteiger partial charge in [-0.05, 0) is 0 Å². The molecule has 9 nitrogen and oxygen atoms in total. The fourth-order valence-electron chi connectivity index (χ4n) is 1.31. The molecule has 0 amide bonds. The molecule has 3 N–H and O–H groups in total. The van der Waals surface area contributed by atoms with E-state index in [1.165, 1.54) is 6.20 Å². The van der Waals surface area contributed by atoms with E-state index < -0.39 is 21.9 Å². The van der Waals surface area contributed by atoms with Gasteiger partial charge in [0.2, 0.25) is 0 Å². The Morgan fingerprint density at radius 2 is 2.28 bits per heavy atom. The molecule has 0 atom stereocenters. The molecule has 0 aromatic carbocycles. The molecular weight excluding hydrogens is 262 g/mol. The normalized spacial score (nSPS) is 10.4. The van der Waals surface area contributed by atoms with E-state index in [1.54, 1.807) is 0 Å². The maximum atomic E-state index is 11.5. The number of nitrogens with zero attached hydrogens (tertiary/aromatic N) is 3. The highest BCUT2D eigenvalue weighted by Gasteiger charge is 2.15. The number of thiazole rings is 1. The van der Waals surface area contributed by atoms with E-state index in [0.717, 1.165) is 22.1 Å². The standard InChI is InChI=1S/C8H7N5O4S/c9-7-10-1-4(18-7)2-12-3-5(13(16)17)6(14)11-8(12)15/h1,3H,2H2,(H2,9,10)(H,11,14,15). The smallest absolute Gasteiger partial charge is 0.350 e. The van der Waals surface area contributed by atoms with Gasteiger partial charge in [0.15, 0.2) is 5.13 Å². The van der Waals surface area contributed by atoms with Gasteiger partial charge in [-0.15, -0.1) is 11.3 Å². The Morgan fingerprint density at radius 3 is 2.83 bits per heavy atom. The van der Waals surface area contributed by atoms with Gasteiger partial charge in [-0.3, -0.25) is 24.5 Å². The minimum Gasteiger partial charge on any atom is -0.375 e. The van der Waals surface area contributed by atoms with Crippen LogP contribution in [-0.2, 0) is 6.54 Å². The Balaban J connectivity index is 2.45. The first kappa shape index (κ1) is 12.0. The fourth-order valence-corrected chi connectivity index (χ4v) is 1.99. The summed E-state index contributed by atoms with van der Waals surface area (Å²) in [6, 6.07) is 0. The van der Waals surface area contributed by atoms with Gasteiger partial charge in [0.1, 0.15) is 0 Å². The van der Waals surface area contributed by atoms with Crippen LogP contribution in [0.25, 0.3) is 0 Å². The van der Waals surface area contributed by atoms with Crippen molar-refractivity contribution in [1.29, 1.82) is 0 Å². The number of nitrogen functional groups attached to an aromatic ring is 1. The van der Waals surface area contributed by atoms with Crippen LogP contribution in [0, 0.1) is 10.1 Å². The van der Waals surface area contributed by atoms with Crippen molar-refractivity contribution in [3.8, 4) is 0 Å². The molecule has 2 aromatic heterocycles. The highest BCUT2D eigenvalue weighted by Crippen LogP contribution is 2.15. The van der Waals surface area contributed by atoms with Gasteiger partial charge in [0.05, 0.1) is 17.7 Å². The molecule has 0 aliphatic carbocycles. The van der Waals surface area contributed by atoms with Crippen molar-refractivity contribution >= 4 is 22.2 Å². The number of hydrogen-bond donors (Lipinski definition) is 2. The minimum atomic E-state index is -1.02. The highest BCUT2D eigenvalue weighted by molar-refractivity contribution is 7.15. The second-order valence-corrected chi connectivity index (χ2v) is 4.47. The van der Waals surface area contributed by atoms with Gasteiger partial charge in [-0.1, -0.05) is 0 Å². The largest absolute Gasteiger partial charge is 0.375 e. The number of rotatable bonds is 3. The van der Waals surface area contributed by atoms with Crippen molar-refractivity contribution in [2.75, 3.05) is 5.73 Å². The van der Waals surface area contributed by atoms with Gasteiger partial charge in [-0.2, -0.15) is 0 Å². The Bertz CT molecular complexity index is 715. The van der Waals surface area contributed by atoms with Crippen LogP contribution in [0.5, 0.6) is 0 Å². The number of hydrogen-bond acceptors (Lipinski definition) is 7. The predicted octanol–water partition coefficient (Wildman–Crippen LogP) is -0.468. The quantitative estimate of drug-likeness (QED) is 0.571.